The summed E-state index contributed by atoms with van der Waals surface area (Å²) in [6.07, 6.45) is 8.53. The number of carbonyl (C=O) groups is 1. The van der Waals surface area contributed by atoms with Gasteiger partial charge >= 0.3 is 0 Å². The molecule has 3 aromatic heterocycles. The normalized spacial score (nSPS) is 14.0. The summed E-state index contributed by atoms with van der Waals surface area (Å²) >= 11 is 0. The Morgan fingerprint density at radius 3 is 2.54 bits per heavy atom. The van der Waals surface area contributed by atoms with Gasteiger partial charge in [-0.05, 0) is 43.2 Å². The third-order valence-corrected chi connectivity index (χ3v) is 5.10. The number of aromatic nitrogens is 4. The van der Waals surface area contributed by atoms with E-state index in [2.05, 4.69) is 15.0 Å². The first-order chi connectivity index (χ1) is 13.5. The van der Waals surface area contributed by atoms with Gasteiger partial charge in [0.2, 0.25) is 0 Å². The van der Waals surface area contributed by atoms with Crippen LogP contribution in [0.4, 0.5) is 0 Å². The van der Waals surface area contributed by atoms with Gasteiger partial charge in [-0.15, -0.1) is 0 Å². The van der Waals surface area contributed by atoms with E-state index < -0.39 is 0 Å². The summed E-state index contributed by atoms with van der Waals surface area (Å²) in [4.78, 5) is 40.2. The monoisotopic (exact) mass is 375 g/mol. The molecule has 0 unspecified atom stereocenters. The first-order valence-corrected chi connectivity index (χ1v) is 9.19. The van der Waals surface area contributed by atoms with Gasteiger partial charge in [-0.2, -0.15) is 0 Å². The van der Waals surface area contributed by atoms with Crippen LogP contribution < -0.4 is 5.56 Å². The summed E-state index contributed by atoms with van der Waals surface area (Å²) in [5.41, 5.74) is 3.29. The van der Waals surface area contributed by atoms with Crippen LogP contribution in [0.15, 0.2) is 54.0 Å². The topological polar surface area (TPSA) is 81.0 Å². The molecule has 0 aromatic carbocycles. The van der Waals surface area contributed by atoms with Crippen molar-refractivity contribution in [3.05, 3.63) is 87.6 Å². The molecule has 0 N–H and O–H groups in total. The van der Waals surface area contributed by atoms with Gasteiger partial charge in [0.05, 0.1) is 24.1 Å². The fourth-order valence-corrected chi connectivity index (χ4v) is 3.37. The number of aryl methyl sites for hydroxylation is 2. The minimum absolute atomic E-state index is 0.211. The molecule has 3 aromatic rings. The number of nitrogens with zero attached hydrogens (tertiary/aromatic N) is 5. The molecule has 1 saturated heterocycles. The third-order valence-electron chi connectivity index (χ3n) is 5.10. The van der Waals surface area contributed by atoms with Crippen LogP contribution in [0.5, 0.6) is 0 Å². The van der Waals surface area contributed by atoms with Crippen LogP contribution in [-0.4, -0.2) is 43.4 Å². The van der Waals surface area contributed by atoms with Crippen molar-refractivity contribution in [3.63, 3.8) is 0 Å². The van der Waals surface area contributed by atoms with E-state index in [0.717, 1.165) is 5.69 Å². The van der Waals surface area contributed by atoms with Crippen LogP contribution in [0.2, 0.25) is 0 Å². The molecule has 1 fully saturated rings. The lowest BCUT2D eigenvalue weighted by Gasteiger charge is -2.39. The van der Waals surface area contributed by atoms with Crippen molar-refractivity contribution in [2.75, 3.05) is 13.1 Å². The predicted octanol–water partition coefficient (Wildman–Crippen LogP) is 1.94. The highest BCUT2D eigenvalue weighted by molar-refractivity contribution is 5.95. The molecule has 0 aliphatic carbocycles. The molecule has 1 aliphatic rings. The van der Waals surface area contributed by atoms with E-state index in [1.165, 1.54) is 10.1 Å². The molecule has 0 atom stereocenters. The van der Waals surface area contributed by atoms with E-state index in [9.17, 15) is 9.59 Å². The molecule has 0 spiro atoms. The number of hydrogen-bond acceptors (Lipinski definition) is 5. The second-order valence-electron chi connectivity index (χ2n) is 7.14. The summed E-state index contributed by atoms with van der Waals surface area (Å²) in [7, 11) is 0. The largest absolute Gasteiger partial charge is 0.337 e. The predicted molar refractivity (Wildman–Crippen MR) is 104 cm³/mol. The lowest BCUT2D eigenvalue weighted by molar-refractivity contribution is 0.0599. The molecule has 1 amide bonds. The second kappa shape index (κ2) is 7.34. The van der Waals surface area contributed by atoms with E-state index in [1.807, 2.05) is 19.1 Å². The van der Waals surface area contributed by atoms with Crippen molar-refractivity contribution in [2.24, 2.45) is 0 Å². The first-order valence-electron chi connectivity index (χ1n) is 9.19. The maximum absolute atomic E-state index is 13.0. The average molecular weight is 375 g/mol. The fraction of sp³-hybridized carbons (Fsp3) is 0.286. The van der Waals surface area contributed by atoms with Gasteiger partial charge < -0.3 is 9.47 Å². The first kappa shape index (κ1) is 18.0. The standard InChI is InChI=1S/C21H21N5O2/c1-14-5-8-25(13-18-10-23-15(2)9-24-18)20(27)19(14)21(28)26-11-17(12-26)16-3-6-22-7-4-16/h3-10,17H,11-13H2,1-2H3. The number of hydrogen-bond donors (Lipinski definition) is 0. The molecule has 142 valence electrons. The van der Waals surface area contributed by atoms with Gasteiger partial charge in [-0.1, -0.05) is 0 Å². The van der Waals surface area contributed by atoms with Crippen molar-refractivity contribution in [1.82, 2.24) is 24.4 Å². The molecule has 0 saturated carbocycles. The number of rotatable bonds is 4. The Hall–Kier alpha value is -3.35. The van der Waals surface area contributed by atoms with E-state index in [0.29, 0.717) is 30.3 Å². The molecular formula is C21H21N5O2. The van der Waals surface area contributed by atoms with Crippen LogP contribution in [0, 0.1) is 13.8 Å². The Morgan fingerprint density at radius 1 is 1.11 bits per heavy atom. The van der Waals surface area contributed by atoms with Crippen LogP contribution in [-0.2, 0) is 6.54 Å². The van der Waals surface area contributed by atoms with Gasteiger partial charge in [-0.3, -0.25) is 24.5 Å². The minimum Gasteiger partial charge on any atom is -0.337 e. The zero-order chi connectivity index (χ0) is 19.7. The van der Waals surface area contributed by atoms with Gasteiger partial charge in [0, 0.05) is 43.8 Å². The SMILES string of the molecule is Cc1cnc(Cn2ccc(C)c(C(=O)N3CC(c4ccncc4)C3)c2=O)cn1. The van der Waals surface area contributed by atoms with E-state index in [4.69, 9.17) is 0 Å². The highest BCUT2D eigenvalue weighted by atomic mass is 16.2. The highest BCUT2D eigenvalue weighted by Gasteiger charge is 2.34. The molecule has 4 heterocycles. The summed E-state index contributed by atoms with van der Waals surface area (Å²) in [6.45, 7) is 5.16. The summed E-state index contributed by atoms with van der Waals surface area (Å²) < 4.78 is 1.51. The maximum Gasteiger partial charge on any atom is 0.264 e. The van der Waals surface area contributed by atoms with Crippen LogP contribution in [0.25, 0.3) is 0 Å². The maximum atomic E-state index is 13.0. The molecule has 0 bridgehead atoms. The number of amides is 1. The third kappa shape index (κ3) is 3.43. The van der Waals surface area contributed by atoms with Crippen molar-refractivity contribution in [3.8, 4) is 0 Å². The molecule has 7 heteroatoms. The van der Waals surface area contributed by atoms with Crippen molar-refractivity contribution in [2.45, 2.75) is 26.3 Å². The van der Waals surface area contributed by atoms with E-state index >= 15 is 0 Å². The second-order valence-corrected chi connectivity index (χ2v) is 7.14. The Bertz CT molecular complexity index is 1050. The van der Waals surface area contributed by atoms with Gasteiger partial charge in [0.15, 0.2) is 0 Å². The van der Waals surface area contributed by atoms with Crippen LogP contribution in [0.1, 0.15) is 38.8 Å². The van der Waals surface area contributed by atoms with Crippen molar-refractivity contribution < 1.29 is 4.79 Å². The lowest BCUT2D eigenvalue weighted by atomic mass is 9.91. The van der Waals surface area contributed by atoms with Crippen molar-refractivity contribution in [1.29, 1.82) is 0 Å². The lowest BCUT2D eigenvalue weighted by Crippen LogP contribution is -2.50. The molecule has 28 heavy (non-hydrogen) atoms. The van der Waals surface area contributed by atoms with Gasteiger partial charge in [0.1, 0.15) is 5.56 Å². The smallest absolute Gasteiger partial charge is 0.264 e. The Morgan fingerprint density at radius 2 is 1.86 bits per heavy atom. The molecule has 4 rings (SSSR count). The van der Waals surface area contributed by atoms with Crippen LogP contribution in [0.3, 0.4) is 0 Å². The average Bonchev–Trinajstić information content (AvgIpc) is 2.65. The Kier molecular flexibility index (Phi) is 4.73. The molecular weight excluding hydrogens is 354 g/mol. The van der Waals surface area contributed by atoms with Gasteiger partial charge in [-0.25, -0.2) is 0 Å². The fourth-order valence-electron chi connectivity index (χ4n) is 3.37. The summed E-state index contributed by atoms with van der Waals surface area (Å²) in [5.74, 6) is 0.0816. The Labute approximate surface area is 162 Å². The molecule has 7 nitrogen and oxygen atoms in total. The van der Waals surface area contributed by atoms with E-state index in [1.54, 1.807) is 48.9 Å². The van der Waals surface area contributed by atoms with Crippen molar-refractivity contribution >= 4 is 5.91 Å². The number of likely N-dealkylation sites (tertiary alicyclic amines) is 1. The quantitative estimate of drug-likeness (QED) is 0.696. The minimum atomic E-state index is -0.292. The van der Waals surface area contributed by atoms with Gasteiger partial charge in [0.25, 0.3) is 11.5 Å². The highest BCUT2D eigenvalue weighted by Crippen LogP contribution is 2.27. The summed E-state index contributed by atoms with van der Waals surface area (Å²) in [6, 6.07) is 5.74. The van der Waals surface area contributed by atoms with E-state index in [-0.39, 0.29) is 23.6 Å². The zero-order valence-electron chi connectivity index (χ0n) is 15.9. The summed E-state index contributed by atoms with van der Waals surface area (Å²) in [5, 5.41) is 0. The molecule has 1 aliphatic heterocycles. The zero-order valence-corrected chi connectivity index (χ0v) is 15.9. The number of pyridine rings is 2. The Balaban J connectivity index is 1.53. The van der Waals surface area contributed by atoms with Crippen LogP contribution >= 0.6 is 0 Å². The molecule has 0 radical (unpaired) electrons. The number of carbonyl (C=O) groups excluding carboxylic acids is 1.